The van der Waals surface area contributed by atoms with Crippen molar-refractivity contribution in [1.82, 2.24) is 15.2 Å². The number of rotatable bonds is 10. The summed E-state index contributed by atoms with van der Waals surface area (Å²) >= 11 is 1.30. The number of aryl methyl sites for hydroxylation is 1. The monoisotopic (exact) mass is 517 g/mol. The number of amides is 1. The zero-order valence-corrected chi connectivity index (χ0v) is 22.7. The fourth-order valence-electron chi connectivity index (χ4n) is 4.78. The predicted molar refractivity (Wildman–Crippen MR) is 146 cm³/mol. The van der Waals surface area contributed by atoms with Gasteiger partial charge in [-0.05, 0) is 80.3 Å². The van der Waals surface area contributed by atoms with Crippen LogP contribution in [0, 0.1) is 12.8 Å². The van der Waals surface area contributed by atoms with Crippen LogP contribution in [0.2, 0.25) is 0 Å². The van der Waals surface area contributed by atoms with E-state index in [9.17, 15) is 9.59 Å². The van der Waals surface area contributed by atoms with Crippen LogP contribution in [0.3, 0.4) is 0 Å². The highest BCUT2D eigenvalue weighted by molar-refractivity contribution is 7.13. The first-order chi connectivity index (χ1) is 17.8. The van der Waals surface area contributed by atoms with E-state index in [1.807, 2.05) is 13.8 Å². The minimum atomic E-state index is -0.144. The van der Waals surface area contributed by atoms with Crippen molar-refractivity contribution in [3.63, 3.8) is 0 Å². The van der Waals surface area contributed by atoms with E-state index in [-0.39, 0.29) is 24.2 Å². The van der Waals surface area contributed by atoms with E-state index in [1.165, 1.54) is 47.8 Å². The first kappa shape index (κ1) is 25.6. The van der Waals surface area contributed by atoms with Crippen LogP contribution >= 0.6 is 11.3 Å². The Hall–Kier alpha value is -3.03. The summed E-state index contributed by atoms with van der Waals surface area (Å²) in [5, 5.41) is 3.77. The van der Waals surface area contributed by atoms with Crippen molar-refractivity contribution in [1.29, 1.82) is 0 Å². The molecule has 2 aromatic carbocycles. The van der Waals surface area contributed by atoms with Gasteiger partial charge in [-0.3, -0.25) is 14.5 Å². The lowest BCUT2D eigenvalue weighted by atomic mass is 9.98. The van der Waals surface area contributed by atoms with Crippen molar-refractivity contribution in [2.75, 3.05) is 13.2 Å². The van der Waals surface area contributed by atoms with Crippen molar-refractivity contribution in [2.45, 2.75) is 65.6 Å². The van der Waals surface area contributed by atoms with Gasteiger partial charge in [0.1, 0.15) is 21.4 Å². The van der Waals surface area contributed by atoms with E-state index < -0.39 is 0 Å². The highest BCUT2D eigenvalue weighted by Crippen LogP contribution is 2.31. The van der Waals surface area contributed by atoms with Crippen molar-refractivity contribution >= 4 is 23.0 Å². The maximum Gasteiger partial charge on any atom is 0.263 e. The molecule has 5 rings (SSSR count). The maximum absolute atomic E-state index is 12.8. The highest BCUT2D eigenvalue weighted by atomic mass is 32.1. The standard InChI is InChI=1S/C30H35N3O3S/c1-19(34)14-28-31-21(3)29(37-28)30(35)32-20(2)24-8-6-22(7-9-24)16-33-13-12-25-15-27(11-10-26(25)17-33)36-18-23-4-5-23/h6-11,15,20,23H,4-5,12-14,16-18H2,1-3H3,(H,32,35)/t20-/m0/s1. The van der Waals surface area contributed by atoms with Gasteiger partial charge in [0.15, 0.2) is 0 Å². The number of nitrogens with one attached hydrogen (secondary N) is 1. The largest absolute Gasteiger partial charge is 0.493 e. The number of hydrogen-bond donors (Lipinski definition) is 1. The summed E-state index contributed by atoms with van der Waals surface area (Å²) < 4.78 is 5.96. The molecule has 3 aromatic rings. The molecule has 6 nitrogen and oxygen atoms in total. The van der Waals surface area contributed by atoms with Crippen LogP contribution in [0.5, 0.6) is 5.75 Å². The number of thiazole rings is 1. The second-order valence-electron chi connectivity index (χ2n) is 10.5. The van der Waals surface area contributed by atoms with Gasteiger partial charge in [-0.1, -0.05) is 30.3 Å². The smallest absolute Gasteiger partial charge is 0.263 e. The molecule has 0 saturated heterocycles. The molecule has 0 bridgehead atoms. The van der Waals surface area contributed by atoms with E-state index in [1.54, 1.807) is 0 Å². The molecular formula is C30H35N3O3S. The molecule has 1 fully saturated rings. The summed E-state index contributed by atoms with van der Waals surface area (Å²) in [6, 6.07) is 15.0. The molecule has 0 radical (unpaired) electrons. The zero-order valence-electron chi connectivity index (χ0n) is 21.9. The normalized spacial score (nSPS) is 16.2. The number of ketones is 1. The topological polar surface area (TPSA) is 71.5 Å². The third kappa shape index (κ3) is 6.65. The summed E-state index contributed by atoms with van der Waals surface area (Å²) in [6.45, 7) is 9.09. The van der Waals surface area contributed by atoms with E-state index in [0.717, 1.165) is 49.9 Å². The van der Waals surface area contributed by atoms with Crippen LogP contribution in [0.25, 0.3) is 0 Å². The number of Topliss-reactive ketones (excluding diaryl/α,β-unsaturated/α-hetero) is 1. The number of benzene rings is 2. The second-order valence-corrected chi connectivity index (χ2v) is 11.6. The summed E-state index contributed by atoms with van der Waals surface area (Å²) in [5.41, 5.74) is 5.80. The zero-order chi connectivity index (χ0) is 25.9. The Morgan fingerprint density at radius 2 is 1.95 bits per heavy atom. The lowest BCUT2D eigenvalue weighted by Gasteiger charge is -2.29. The van der Waals surface area contributed by atoms with Crippen LogP contribution in [0.1, 0.15) is 75.4 Å². The Labute approximate surface area is 223 Å². The molecule has 194 valence electrons. The number of nitrogens with zero attached hydrogens (tertiary/aromatic N) is 2. The molecule has 1 aliphatic carbocycles. The molecule has 1 atom stereocenters. The molecule has 1 aromatic heterocycles. The summed E-state index contributed by atoms with van der Waals surface area (Å²) in [7, 11) is 0. The van der Waals surface area contributed by atoms with Crippen LogP contribution in [0.4, 0.5) is 0 Å². The molecule has 0 unspecified atom stereocenters. The average Bonchev–Trinajstić information content (AvgIpc) is 3.63. The van der Waals surface area contributed by atoms with E-state index in [4.69, 9.17) is 4.74 Å². The Morgan fingerprint density at radius 3 is 2.68 bits per heavy atom. The minimum absolute atomic E-state index is 0.0470. The molecule has 2 aliphatic rings. The number of carbonyl (C=O) groups is 2. The molecular weight excluding hydrogens is 482 g/mol. The molecule has 7 heteroatoms. The van der Waals surface area contributed by atoms with Gasteiger partial charge in [-0.25, -0.2) is 4.98 Å². The minimum Gasteiger partial charge on any atom is -0.493 e. The van der Waals surface area contributed by atoms with Gasteiger partial charge in [-0.2, -0.15) is 0 Å². The van der Waals surface area contributed by atoms with Crippen molar-refractivity contribution in [3.8, 4) is 5.75 Å². The van der Waals surface area contributed by atoms with Gasteiger partial charge in [0.25, 0.3) is 5.91 Å². The molecule has 37 heavy (non-hydrogen) atoms. The highest BCUT2D eigenvalue weighted by Gasteiger charge is 2.23. The maximum atomic E-state index is 12.8. The fourth-order valence-corrected chi connectivity index (χ4v) is 5.82. The number of fused-ring (bicyclic) bond motifs is 1. The number of hydrogen-bond acceptors (Lipinski definition) is 6. The first-order valence-electron chi connectivity index (χ1n) is 13.2. The lowest BCUT2D eigenvalue weighted by molar-refractivity contribution is -0.116. The molecule has 1 saturated carbocycles. The van der Waals surface area contributed by atoms with Gasteiger partial charge < -0.3 is 10.1 Å². The summed E-state index contributed by atoms with van der Waals surface area (Å²) in [5.74, 6) is 1.68. The third-order valence-electron chi connectivity index (χ3n) is 7.13. The van der Waals surface area contributed by atoms with Crippen LogP contribution < -0.4 is 10.1 Å². The third-order valence-corrected chi connectivity index (χ3v) is 8.29. The Bertz CT molecular complexity index is 1280. The Morgan fingerprint density at radius 1 is 1.16 bits per heavy atom. The number of carbonyl (C=O) groups excluding carboxylic acids is 2. The average molecular weight is 518 g/mol. The number of aromatic nitrogens is 1. The van der Waals surface area contributed by atoms with Crippen LogP contribution in [-0.4, -0.2) is 34.7 Å². The fraction of sp³-hybridized carbons (Fsp3) is 0.433. The second kappa shape index (κ2) is 11.2. The van der Waals surface area contributed by atoms with Gasteiger partial charge in [0.05, 0.1) is 24.8 Å². The predicted octanol–water partition coefficient (Wildman–Crippen LogP) is 5.42. The van der Waals surface area contributed by atoms with Gasteiger partial charge >= 0.3 is 0 Å². The van der Waals surface area contributed by atoms with E-state index in [0.29, 0.717) is 15.6 Å². The quantitative estimate of drug-likeness (QED) is 0.389. The molecule has 2 heterocycles. The van der Waals surface area contributed by atoms with E-state index in [2.05, 4.69) is 57.7 Å². The van der Waals surface area contributed by atoms with Crippen molar-refractivity contribution in [3.05, 3.63) is 80.3 Å². The van der Waals surface area contributed by atoms with Crippen molar-refractivity contribution in [2.24, 2.45) is 5.92 Å². The van der Waals surface area contributed by atoms with Crippen LogP contribution in [-0.2, 0) is 30.7 Å². The number of ether oxygens (including phenoxy) is 1. The Balaban J connectivity index is 1.14. The van der Waals surface area contributed by atoms with Gasteiger partial charge in [0.2, 0.25) is 0 Å². The van der Waals surface area contributed by atoms with Gasteiger partial charge in [0, 0.05) is 19.6 Å². The molecule has 0 spiro atoms. The van der Waals surface area contributed by atoms with Crippen molar-refractivity contribution < 1.29 is 14.3 Å². The summed E-state index contributed by atoms with van der Waals surface area (Å²) in [4.78, 5) is 31.7. The molecule has 1 N–H and O–H groups in total. The SMILES string of the molecule is CC(=O)Cc1nc(C)c(C(=O)N[C@@H](C)c2ccc(CN3CCc4cc(OCC5CC5)ccc4C3)cc2)s1. The summed E-state index contributed by atoms with van der Waals surface area (Å²) in [6.07, 6.45) is 3.94. The molecule has 1 amide bonds. The van der Waals surface area contributed by atoms with Crippen LogP contribution in [0.15, 0.2) is 42.5 Å². The lowest BCUT2D eigenvalue weighted by Crippen LogP contribution is -2.30. The van der Waals surface area contributed by atoms with Gasteiger partial charge in [-0.15, -0.1) is 11.3 Å². The first-order valence-corrected chi connectivity index (χ1v) is 14.0. The Kier molecular flexibility index (Phi) is 7.72. The molecule has 1 aliphatic heterocycles. The van der Waals surface area contributed by atoms with E-state index >= 15 is 0 Å².